The summed E-state index contributed by atoms with van der Waals surface area (Å²) < 4.78 is 5.29. The van der Waals surface area contributed by atoms with Crippen molar-refractivity contribution in [3.63, 3.8) is 0 Å². The van der Waals surface area contributed by atoms with Crippen LogP contribution in [-0.4, -0.2) is 41.4 Å². The van der Waals surface area contributed by atoms with Gasteiger partial charge in [-0.15, -0.1) is 0 Å². The summed E-state index contributed by atoms with van der Waals surface area (Å²) in [5.41, 5.74) is 0.0363. The number of aliphatic hydroxyl groups is 1. The molecule has 1 aliphatic rings. The molecule has 3 atom stereocenters. The summed E-state index contributed by atoms with van der Waals surface area (Å²) in [5.74, 6) is -0.175. The Bertz CT molecular complexity index is 583. The van der Waals surface area contributed by atoms with Gasteiger partial charge in [-0.3, -0.25) is 4.79 Å². The van der Waals surface area contributed by atoms with Crippen molar-refractivity contribution in [2.45, 2.75) is 57.7 Å². The second kappa shape index (κ2) is 8.34. The van der Waals surface area contributed by atoms with Crippen LogP contribution in [0.3, 0.4) is 0 Å². The largest absolute Gasteiger partial charge is 0.444 e. The molecule has 3 N–H and O–H groups in total. The Morgan fingerprint density at radius 3 is 2.44 bits per heavy atom. The minimum Gasteiger partial charge on any atom is -0.444 e. The number of ether oxygens (including phenoxy) is 1. The molecule has 0 heterocycles. The van der Waals surface area contributed by atoms with Gasteiger partial charge in [-0.05, 0) is 52.2 Å². The van der Waals surface area contributed by atoms with E-state index in [0.29, 0.717) is 12.0 Å². The van der Waals surface area contributed by atoms with Gasteiger partial charge in [0.15, 0.2) is 0 Å². The highest BCUT2D eigenvalue weighted by molar-refractivity contribution is 5.94. The first-order valence-corrected chi connectivity index (χ1v) is 8.75. The van der Waals surface area contributed by atoms with E-state index < -0.39 is 11.7 Å². The Morgan fingerprint density at radius 2 is 1.84 bits per heavy atom. The van der Waals surface area contributed by atoms with Gasteiger partial charge in [0.25, 0.3) is 5.91 Å². The van der Waals surface area contributed by atoms with Gasteiger partial charge < -0.3 is 20.5 Å². The number of carbonyl (C=O) groups is 2. The summed E-state index contributed by atoms with van der Waals surface area (Å²) in [4.78, 5) is 24.3. The average Bonchev–Trinajstić information content (AvgIpc) is 2.54. The predicted octanol–water partition coefficient (Wildman–Crippen LogP) is 2.47. The summed E-state index contributed by atoms with van der Waals surface area (Å²) in [5, 5.41) is 15.5. The Balaban J connectivity index is 1.95. The number of nitrogens with one attached hydrogen (secondary N) is 2. The summed E-state index contributed by atoms with van der Waals surface area (Å²) >= 11 is 0. The fourth-order valence-electron chi connectivity index (χ4n) is 3.08. The Hall–Kier alpha value is -2.08. The van der Waals surface area contributed by atoms with E-state index in [1.54, 1.807) is 12.1 Å². The third-order valence-electron chi connectivity index (χ3n) is 4.30. The molecule has 1 fully saturated rings. The molecule has 0 radical (unpaired) electrons. The standard InChI is InChI=1S/C19H28N2O4/c1-19(2,3)25-18(24)20-15-10-9-14(12-22)16(11-15)21-17(23)13-7-5-4-6-8-13/h4-8,14-16,22H,9-12H2,1-3H3,(H,20,24)(H,21,23)/t14-,15+,16?/m1/s1. The number of alkyl carbamates (subject to hydrolysis) is 1. The summed E-state index contributed by atoms with van der Waals surface area (Å²) in [6.07, 6.45) is 1.61. The lowest BCUT2D eigenvalue weighted by molar-refractivity contribution is 0.0468. The zero-order valence-corrected chi connectivity index (χ0v) is 15.1. The van der Waals surface area contributed by atoms with Gasteiger partial charge in [0.2, 0.25) is 0 Å². The molecule has 0 aromatic heterocycles. The van der Waals surface area contributed by atoms with Crippen LogP contribution < -0.4 is 10.6 Å². The van der Waals surface area contributed by atoms with Gasteiger partial charge in [-0.1, -0.05) is 18.2 Å². The maximum absolute atomic E-state index is 12.4. The van der Waals surface area contributed by atoms with E-state index in [1.165, 1.54) is 0 Å². The third kappa shape index (κ3) is 6.05. The van der Waals surface area contributed by atoms with E-state index in [9.17, 15) is 14.7 Å². The van der Waals surface area contributed by atoms with Crippen molar-refractivity contribution >= 4 is 12.0 Å². The summed E-state index contributed by atoms with van der Waals surface area (Å²) in [6, 6.07) is 8.71. The number of aliphatic hydroxyl groups excluding tert-OH is 1. The minimum absolute atomic E-state index is 0.00986. The van der Waals surface area contributed by atoms with Gasteiger partial charge in [0, 0.05) is 30.2 Å². The molecule has 1 aromatic rings. The maximum Gasteiger partial charge on any atom is 0.407 e. The Labute approximate surface area is 149 Å². The van der Waals surface area contributed by atoms with Crippen LogP contribution in [0.15, 0.2) is 30.3 Å². The first-order chi connectivity index (χ1) is 11.8. The number of benzene rings is 1. The molecule has 25 heavy (non-hydrogen) atoms. The molecular weight excluding hydrogens is 320 g/mol. The predicted molar refractivity (Wildman–Crippen MR) is 95.3 cm³/mol. The van der Waals surface area contributed by atoms with Crippen molar-refractivity contribution in [3.8, 4) is 0 Å². The van der Waals surface area contributed by atoms with Crippen molar-refractivity contribution in [2.75, 3.05) is 6.61 Å². The second-order valence-corrected chi connectivity index (χ2v) is 7.54. The third-order valence-corrected chi connectivity index (χ3v) is 4.30. The van der Waals surface area contributed by atoms with Crippen LogP contribution >= 0.6 is 0 Å². The van der Waals surface area contributed by atoms with Crippen LogP contribution in [0.1, 0.15) is 50.4 Å². The topological polar surface area (TPSA) is 87.7 Å². The number of carbonyl (C=O) groups excluding carboxylic acids is 2. The molecule has 0 bridgehead atoms. The van der Waals surface area contributed by atoms with Gasteiger partial charge in [-0.25, -0.2) is 4.79 Å². The lowest BCUT2D eigenvalue weighted by Crippen LogP contribution is -2.51. The molecule has 2 amide bonds. The van der Waals surface area contributed by atoms with Crippen molar-refractivity contribution < 1.29 is 19.4 Å². The first-order valence-electron chi connectivity index (χ1n) is 8.75. The van der Waals surface area contributed by atoms with Crippen molar-refractivity contribution in [3.05, 3.63) is 35.9 Å². The van der Waals surface area contributed by atoms with Crippen molar-refractivity contribution in [2.24, 2.45) is 5.92 Å². The quantitative estimate of drug-likeness (QED) is 0.780. The first kappa shape index (κ1) is 19.2. The lowest BCUT2D eigenvalue weighted by Gasteiger charge is -2.36. The summed E-state index contributed by atoms with van der Waals surface area (Å²) in [7, 11) is 0. The molecule has 1 aromatic carbocycles. The monoisotopic (exact) mass is 348 g/mol. The van der Waals surface area contributed by atoms with E-state index in [2.05, 4.69) is 10.6 Å². The molecule has 6 heteroatoms. The van der Waals surface area contributed by atoms with Gasteiger partial charge >= 0.3 is 6.09 Å². The smallest absolute Gasteiger partial charge is 0.407 e. The molecule has 1 saturated carbocycles. The minimum atomic E-state index is -0.548. The van der Waals surface area contributed by atoms with Crippen LogP contribution in [0.4, 0.5) is 4.79 Å². The molecule has 2 rings (SSSR count). The number of rotatable bonds is 4. The van der Waals surface area contributed by atoms with Crippen molar-refractivity contribution in [1.29, 1.82) is 0 Å². The van der Waals surface area contributed by atoms with Crippen LogP contribution in [0.25, 0.3) is 0 Å². The molecule has 0 spiro atoms. The molecular formula is C19H28N2O4. The van der Waals surface area contributed by atoms with E-state index >= 15 is 0 Å². The van der Waals surface area contributed by atoms with Crippen LogP contribution in [0.5, 0.6) is 0 Å². The fraction of sp³-hybridized carbons (Fsp3) is 0.579. The summed E-state index contributed by atoms with van der Waals surface area (Å²) in [6.45, 7) is 5.47. The second-order valence-electron chi connectivity index (χ2n) is 7.54. The normalized spacial score (nSPS) is 23.6. The highest BCUT2D eigenvalue weighted by Gasteiger charge is 2.32. The fourth-order valence-corrected chi connectivity index (χ4v) is 3.08. The molecule has 0 saturated heterocycles. The molecule has 138 valence electrons. The van der Waals surface area contributed by atoms with Crippen LogP contribution in [0.2, 0.25) is 0 Å². The highest BCUT2D eigenvalue weighted by atomic mass is 16.6. The van der Waals surface area contributed by atoms with Gasteiger partial charge in [0.1, 0.15) is 5.60 Å². The average molecular weight is 348 g/mol. The van der Waals surface area contributed by atoms with E-state index in [1.807, 2.05) is 39.0 Å². The Kier molecular flexibility index (Phi) is 6.42. The van der Waals surface area contributed by atoms with E-state index in [4.69, 9.17) is 4.74 Å². The van der Waals surface area contributed by atoms with E-state index in [0.717, 1.165) is 12.8 Å². The highest BCUT2D eigenvalue weighted by Crippen LogP contribution is 2.25. The van der Waals surface area contributed by atoms with E-state index in [-0.39, 0.29) is 30.5 Å². The molecule has 1 unspecified atom stereocenters. The molecule has 6 nitrogen and oxygen atoms in total. The van der Waals surface area contributed by atoms with Crippen molar-refractivity contribution in [1.82, 2.24) is 10.6 Å². The van der Waals surface area contributed by atoms with Gasteiger partial charge in [0.05, 0.1) is 0 Å². The van der Waals surface area contributed by atoms with Gasteiger partial charge in [-0.2, -0.15) is 0 Å². The molecule has 0 aliphatic heterocycles. The zero-order chi connectivity index (χ0) is 18.4. The zero-order valence-electron chi connectivity index (χ0n) is 15.1. The SMILES string of the molecule is CC(C)(C)OC(=O)N[C@H]1CC[C@H](CO)C(NC(=O)c2ccccc2)C1. The lowest BCUT2D eigenvalue weighted by atomic mass is 9.82. The number of hydrogen-bond acceptors (Lipinski definition) is 4. The number of amides is 2. The van der Waals surface area contributed by atoms with Crippen LogP contribution in [-0.2, 0) is 4.74 Å². The number of hydrogen-bond donors (Lipinski definition) is 3. The van der Waals surface area contributed by atoms with Crippen LogP contribution in [0, 0.1) is 5.92 Å². The maximum atomic E-state index is 12.4. The molecule has 1 aliphatic carbocycles. The Morgan fingerprint density at radius 1 is 1.16 bits per heavy atom.